The van der Waals surface area contributed by atoms with Crippen molar-refractivity contribution in [2.45, 2.75) is 0 Å². The zero-order valence-corrected chi connectivity index (χ0v) is 8.10. The van der Waals surface area contributed by atoms with Crippen LogP contribution >= 0.6 is 0 Å². The van der Waals surface area contributed by atoms with Crippen LogP contribution in [0.1, 0.15) is 0 Å². The molecule has 1 aromatic carbocycles. The lowest BCUT2D eigenvalue weighted by atomic mass is 10.1. The molecular weight excluding hydrogens is 196 g/mol. The average Bonchev–Trinajstić information content (AvgIpc) is 2.66. The minimum Gasteiger partial charge on any atom is -0.504 e. The van der Waals surface area contributed by atoms with Crippen LogP contribution in [0.15, 0.2) is 28.8 Å². The molecule has 3 N–H and O–H groups in total. The van der Waals surface area contributed by atoms with Gasteiger partial charge < -0.3 is 20.1 Å². The van der Waals surface area contributed by atoms with Gasteiger partial charge in [0.1, 0.15) is 0 Å². The first-order valence-corrected chi connectivity index (χ1v) is 4.30. The average molecular weight is 206 g/mol. The first kappa shape index (κ1) is 9.39. The van der Waals surface area contributed by atoms with E-state index in [-0.39, 0.29) is 5.75 Å². The molecule has 0 fully saturated rings. The van der Waals surface area contributed by atoms with Crippen molar-refractivity contribution >= 4 is 5.82 Å². The van der Waals surface area contributed by atoms with Crippen molar-refractivity contribution in [1.82, 2.24) is 5.16 Å². The van der Waals surface area contributed by atoms with Crippen LogP contribution in [-0.4, -0.2) is 17.4 Å². The van der Waals surface area contributed by atoms with Crippen LogP contribution in [0.2, 0.25) is 0 Å². The Bertz CT molecular complexity index is 479. The van der Waals surface area contributed by atoms with Crippen molar-refractivity contribution in [1.29, 1.82) is 0 Å². The quantitative estimate of drug-likeness (QED) is 0.780. The molecule has 0 bridgehead atoms. The summed E-state index contributed by atoms with van der Waals surface area (Å²) in [6.07, 6.45) is 0. The first-order chi connectivity index (χ1) is 7.20. The number of methoxy groups -OCH3 is 1. The molecule has 0 amide bonds. The monoisotopic (exact) mass is 206 g/mol. The molecule has 15 heavy (non-hydrogen) atoms. The summed E-state index contributed by atoms with van der Waals surface area (Å²) in [6, 6.07) is 6.46. The Balaban J connectivity index is 2.45. The van der Waals surface area contributed by atoms with E-state index in [2.05, 4.69) is 5.16 Å². The van der Waals surface area contributed by atoms with Gasteiger partial charge in [0.05, 0.1) is 7.11 Å². The Morgan fingerprint density at radius 2 is 2.20 bits per heavy atom. The van der Waals surface area contributed by atoms with Gasteiger partial charge in [0.25, 0.3) is 0 Å². The first-order valence-electron chi connectivity index (χ1n) is 4.30. The molecule has 5 nitrogen and oxygen atoms in total. The molecule has 2 aromatic rings. The molecule has 0 saturated carbocycles. The van der Waals surface area contributed by atoms with E-state index in [4.69, 9.17) is 15.0 Å². The number of phenols is 1. The fourth-order valence-electron chi connectivity index (χ4n) is 1.26. The Morgan fingerprint density at radius 3 is 2.80 bits per heavy atom. The maximum atomic E-state index is 9.39. The number of rotatable bonds is 2. The van der Waals surface area contributed by atoms with Gasteiger partial charge in [-0.3, -0.25) is 0 Å². The molecule has 0 radical (unpaired) electrons. The van der Waals surface area contributed by atoms with Gasteiger partial charge in [0, 0.05) is 11.6 Å². The fraction of sp³-hybridized carbons (Fsp3) is 0.100. The molecule has 0 saturated heterocycles. The number of hydrogen-bond donors (Lipinski definition) is 2. The summed E-state index contributed by atoms with van der Waals surface area (Å²) in [5.41, 5.74) is 6.18. The number of benzene rings is 1. The Kier molecular flexibility index (Phi) is 2.21. The largest absolute Gasteiger partial charge is 0.504 e. The minimum absolute atomic E-state index is 0.0775. The third-order valence-electron chi connectivity index (χ3n) is 1.99. The summed E-state index contributed by atoms with van der Waals surface area (Å²) in [5, 5.41) is 13.0. The highest BCUT2D eigenvalue weighted by atomic mass is 16.5. The number of nitrogen functional groups attached to an aromatic ring is 1. The third kappa shape index (κ3) is 1.71. The molecule has 1 aromatic heterocycles. The molecule has 0 spiro atoms. The van der Waals surface area contributed by atoms with E-state index < -0.39 is 0 Å². The van der Waals surface area contributed by atoms with Crippen molar-refractivity contribution in [2.24, 2.45) is 0 Å². The molecule has 0 unspecified atom stereocenters. The predicted octanol–water partition coefficient (Wildman–Crippen LogP) is 1.64. The lowest BCUT2D eigenvalue weighted by Gasteiger charge is -2.03. The molecule has 0 aliphatic carbocycles. The van der Waals surface area contributed by atoms with Crippen molar-refractivity contribution < 1.29 is 14.4 Å². The topological polar surface area (TPSA) is 81.5 Å². The highest BCUT2D eigenvalue weighted by Crippen LogP contribution is 2.31. The van der Waals surface area contributed by atoms with E-state index in [1.54, 1.807) is 18.2 Å². The Hall–Kier alpha value is -2.17. The molecule has 2 rings (SSSR count). The van der Waals surface area contributed by atoms with Crippen molar-refractivity contribution in [3.63, 3.8) is 0 Å². The van der Waals surface area contributed by atoms with Crippen LogP contribution in [0.3, 0.4) is 0 Å². The van der Waals surface area contributed by atoms with E-state index in [0.29, 0.717) is 17.3 Å². The van der Waals surface area contributed by atoms with E-state index in [9.17, 15) is 5.11 Å². The van der Waals surface area contributed by atoms with E-state index in [1.165, 1.54) is 13.2 Å². The number of nitrogens with two attached hydrogens (primary N) is 1. The molecule has 0 atom stereocenters. The third-order valence-corrected chi connectivity index (χ3v) is 1.99. The van der Waals surface area contributed by atoms with Crippen LogP contribution in [0, 0.1) is 0 Å². The zero-order chi connectivity index (χ0) is 10.8. The van der Waals surface area contributed by atoms with Crippen LogP contribution in [0.4, 0.5) is 5.82 Å². The number of nitrogens with zero attached hydrogens (tertiary/aromatic N) is 1. The predicted molar refractivity (Wildman–Crippen MR) is 54.6 cm³/mol. The normalized spacial score (nSPS) is 10.2. The molecule has 1 heterocycles. The summed E-state index contributed by atoms with van der Waals surface area (Å²) in [5.74, 6) is 1.30. The SMILES string of the molecule is COc1cc(-c2cc(N)no2)ccc1O. The van der Waals surface area contributed by atoms with Crippen LogP contribution in [0.25, 0.3) is 11.3 Å². The van der Waals surface area contributed by atoms with Gasteiger partial charge in [-0.2, -0.15) is 0 Å². The van der Waals surface area contributed by atoms with E-state index in [1.807, 2.05) is 0 Å². The van der Waals surface area contributed by atoms with E-state index >= 15 is 0 Å². The van der Waals surface area contributed by atoms with Gasteiger partial charge in [0.2, 0.25) is 0 Å². The number of anilines is 1. The standard InChI is InChI=1S/C10H10N2O3/c1-14-9-4-6(2-3-7(9)13)8-5-10(11)12-15-8/h2-5,13H,1H3,(H2,11,12). The molecular formula is C10H10N2O3. The molecule has 78 valence electrons. The highest BCUT2D eigenvalue weighted by molar-refractivity contribution is 5.64. The number of hydrogen-bond acceptors (Lipinski definition) is 5. The number of ether oxygens (including phenoxy) is 1. The van der Waals surface area contributed by atoms with Gasteiger partial charge in [-0.25, -0.2) is 0 Å². The highest BCUT2D eigenvalue weighted by Gasteiger charge is 2.08. The summed E-state index contributed by atoms with van der Waals surface area (Å²) in [7, 11) is 1.48. The minimum atomic E-state index is 0.0775. The summed E-state index contributed by atoms with van der Waals surface area (Å²) < 4.78 is 9.95. The number of aromatic nitrogens is 1. The van der Waals surface area contributed by atoms with Gasteiger partial charge >= 0.3 is 0 Å². The maximum Gasteiger partial charge on any atom is 0.169 e. The van der Waals surface area contributed by atoms with Gasteiger partial charge in [0.15, 0.2) is 23.1 Å². The van der Waals surface area contributed by atoms with Crippen molar-refractivity contribution in [3.05, 3.63) is 24.3 Å². The second-order valence-corrected chi connectivity index (χ2v) is 3.00. The summed E-state index contributed by atoms with van der Waals surface area (Å²) >= 11 is 0. The van der Waals surface area contributed by atoms with Gasteiger partial charge in [-0.1, -0.05) is 5.16 Å². The van der Waals surface area contributed by atoms with Crippen molar-refractivity contribution in [3.8, 4) is 22.8 Å². The van der Waals surface area contributed by atoms with Gasteiger partial charge in [-0.15, -0.1) is 0 Å². The van der Waals surface area contributed by atoms with Crippen LogP contribution < -0.4 is 10.5 Å². The summed E-state index contributed by atoms with van der Waals surface area (Å²) in [4.78, 5) is 0. The van der Waals surface area contributed by atoms with Crippen LogP contribution in [0.5, 0.6) is 11.5 Å². The summed E-state index contributed by atoms with van der Waals surface area (Å²) in [6.45, 7) is 0. The van der Waals surface area contributed by atoms with E-state index in [0.717, 1.165) is 5.56 Å². The molecule has 0 aliphatic heterocycles. The number of phenolic OH excluding ortho intramolecular Hbond substituents is 1. The fourth-order valence-corrected chi connectivity index (χ4v) is 1.26. The Morgan fingerprint density at radius 1 is 1.40 bits per heavy atom. The zero-order valence-electron chi connectivity index (χ0n) is 8.10. The van der Waals surface area contributed by atoms with Crippen molar-refractivity contribution in [2.75, 3.05) is 12.8 Å². The number of aromatic hydroxyl groups is 1. The lowest BCUT2D eigenvalue weighted by molar-refractivity contribution is 0.373. The molecule has 0 aliphatic rings. The lowest BCUT2D eigenvalue weighted by Crippen LogP contribution is -1.84. The molecule has 5 heteroatoms. The smallest absolute Gasteiger partial charge is 0.169 e. The second kappa shape index (κ2) is 3.53. The Labute approximate surface area is 86.1 Å². The van der Waals surface area contributed by atoms with Gasteiger partial charge in [-0.05, 0) is 18.2 Å². The maximum absolute atomic E-state index is 9.39. The second-order valence-electron chi connectivity index (χ2n) is 3.00. The van der Waals surface area contributed by atoms with Crippen LogP contribution in [-0.2, 0) is 0 Å².